The second-order valence-corrected chi connectivity index (χ2v) is 4.57. The molecule has 1 atom stereocenters. The van der Waals surface area contributed by atoms with Crippen LogP contribution >= 0.6 is 0 Å². The molecule has 1 unspecified atom stereocenters. The Morgan fingerprint density at radius 2 is 1.50 bits per heavy atom. The standard InChI is InChI=1S/C13H29N/c1-4-5-6-7-8-9-10-11-13(2)12-14-3/h13-14H,4-12H2,1-3H3. The van der Waals surface area contributed by atoms with E-state index < -0.39 is 0 Å². The predicted molar refractivity (Wildman–Crippen MR) is 65.7 cm³/mol. The second kappa shape index (κ2) is 11.0. The van der Waals surface area contributed by atoms with Crippen LogP contribution in [0.2, 0.25) is 0 Å². The molecule has 0 saturated heterocycles. The van der Waals surface area contributed by atoms with Gasteiger partial charge in [0, 0.05) is 0 Å². The quantitative estimate of drug-likeness (QED) is 0.525. The van der Waals surface area contributed by atoms with Crippen molar-refractivity contribution in [2.75, 3.05) is 13.6 Å². The molecule has 0 spiro atoms. The van der Waals surface area contributed by atoms with Crippen molar-refractivity contribution >= 4 is 0 Å². The molecule has 0 rings (SSSR count). The maximum atomic E-state index is 3.24. The number of unbranched alkanes of at least 4 members (excludes halogenated alkanes) is 6. The molecule has 1 nitrogen and oxygen atoms in total. The third-order valence-electron chi connectivity index (χ3n) is 2.85. The van der Waals surface area contributed by atoms with Gasteiger partial charge in [-0.2, -0.15) is 0 Å². The van der Waals surface area contributed by atoms with E-state index in [1.54, 1.807) is 0 Å². The van der Waals surface area contributed by atoms with E-state index in [2.05, 4.69) is 19.2 Å². The highest BCUT2D eigenvalue weighted by molar-refractivity contribution is 4.55. The van der Waals surface area contributed by atoms with Crippen LogP contribution in [-0.4, -0.2) is 13.6 Å². The Morgan fingerprint density at radius 3 is 2.07 bits per heavy atom. The van der Waals surface area contributed by atoms with Crippen LogP contribution in [0.5, 0.6) is 0 Å². The average Bonchev–Trinajstić information content (AvgIpc) is 2.17. The zero-order valence-corrected chi connectivity index (χ0v) is 10.4. The van der Waals surface area contributed by atoms with E-state index in [9.17, 15) is 0 Å². The van der Waals surface area contributed by atoms with Gasteiger partial charge in [-0.05, 0) is 25.9 Å². The second-order valence-electron chi connectivity index (χ2n) is 4.57. The Labute approximate surface area is 90.7 Å². The van der Waals surface area contributed by atoms with E-state index >= 15 is 0 Å². The molecule has 0 amide bonds. The molecule has 0 radical (unpaired) electrons. The van der Waals surface area contributed by atoms with Gasteiger partial charge in [-0.15, -0.1) is 0 Å². The fraction of sp³-hybridized carbons (Fsp3) is 1.00. The maximum Gasteiger partial charge on any atom is -0.00262 e. The molecule has 0 heterocycles. The molecular weight excluding hydrogens is 170 g/mol. The van der Waals surface area contributed by atoms with E-state index in [1.807, 2.05) is 7.05 Å². The zero-order valence-electron chi connectivity index (χ0n) is 10.4. The monoisotopic (exact) mass is 199 g/mol. The summed E-state index contributed by atoms with van der Waals surface area (Å²) in [5.74, 6) is 0.857. The number of rotatable bonds is 10. The normalized spacial score (nSPS) is 13.1. The minimum Gasteiger partial charge on any atom is -0.319 e. The van der Waals surface area contributed by atoms with Crippen molar-refractivity contribution in [3.63, 3.8) is 0 Å². The van der Waals surface area contributed by atoms with Crippen LogP contribution < -0.4 is 5.32 Å². The van der Waals surface area contributed by atoms with Gasteiger partial charge in [0.1, 0.15) is 0 Å². The summed E-state index contributed by atoms with van der Waals surface area (Å²) in [7, 11) is 2.04. The van der Waals surface area contributed by atoms with Gasteiger partial charge in [-0.25, -0.2) is 0 Å². The smallest absolute Gasteiger partial charge is 0.00262 e. The minimum atomic E-state index is 0.857. The highest BCUT2D eigenvalue weighted by Crippen LogP contribution is 2.11. The van der Waals surface area contributed by atoms with Crippen LogP contribution in [0, 0.1) is 5.92 Å². The first-order chi connectivity index (χ1) is 6.81. The molecule has 0 fully saturated rings. The first kappa shape index (κ1) is 14.0. The molecule has 0 aromatic heterocycles. The molecular formula is C13H29N. The first-order valence-electron chi connectivity index (χ1n) is 6.45. The Kier molecular flexibility index (Phi) is 11.0. The molecule has 1 N–H and O–H groups in total. The minimum absolute atomic E-state index is 0.857. The summed E-state index contributed by atoms with van der Waals surface area (Å²) in [5.41, 5.74) is 0. The summed E-state index contributed by atoms with van der Waals surface area (Å²) in [6.45, 7) is 5.79. The van der Waals surface area contributed by atoms with Crippen LogP contribution in [0.1, 0.15) is 65.2 Å². The molecule has 0 aromatic carbocycles. The highest BCUT2D eigenvalue weighted by Gasteiger charge is 1.99. The number of nitrogens with one attached hydrogen (secondary N) is 1. The van der Waals surface area contributed by atoms with Crippen LogP contribution in [-0.2, 0) is 0 Å². The maximum absolute atomic E-state index is 3.24. The van der Waals surface area contributed by atoms with Crippen LogP contribution in [0.15, 0.2) is 0 Å². The van der Waals surface area contributed by atoms with Crippen LogP contribution in [0.3, 0.4) is 0 Å². The van der Waals surface area contributed by atoms with E-state index in [0.717, 1.165) is 5.92 Å². The van der Waals surface area contributed by atoms with Crippen molar-refractivity contribution in [1.82, 2.24) is 5.32 Å². The molecule has 14 heavy (non-hydrogen) atoms. The van der Waals surface area contributed by atoms with Gasteiger partial charge in [-0.3, -0.25) is 0 Å². The van der Waals surface area contributed by atoms with Crippen molar-refractivity contribution in [3.05, 3.63) is 0 Å². The van der Waals surface area contributed by atoms with Gasteiger partial charge in [0.25, 0.3) is 0 Å². The van der Waals surface area contributed by atoms with Crippen LogP contribution in [0.25, 0.3) is 0 Å². The lowest BCUT2D eigenvalue weighted by molar-refractivity contribution is 0.465. The summed E-state index contributed by atoms with van der Waals surface area (Å²) in [6.07, 6.45) is 11.4. The number of hydrogen-bond acceptors (Lipinski definition) is 1. The van der Waals surface area contributed by atoms with Crippen molar-refractivity contribution < 1.29 is 0 Å². The summed E-state index contributed by atoms with van der Waals surface area (Å²) in [4.78, 5) is 0. The lowest BCUT2D eigenvalue weighted by Gasteiger charge is -2.09. The largest absolute Gasteiger partial charge is 0.319 e. The van der Waals surface area contributed by atoms with Crippen molar-refractivity contribution in [2.24, 2.45) is 5.92 Å². The molecule has 86 valence electrons. The molecule has 0 aliphatic heterocycles. The average molecular weight is 199 g/mol. The molecule has 0 bridgehead atoms. The molecule has 1 heteroatoms. The van der Waals surface area contributed by atoms with E-state index in [-0.39, 0.29) is 0 Å². The van der Waals surface area contributed by atoms with Gasteiger partial charge in [0.15, 0.2) is 0 Å². The Balaban J connectivity index is 2.98. The van der Waals surface area contributed by atoms with Crippen molar-refractivity contribution in [2.45, 2.75) is 65.2 Å². The lowest BCUT2D eigenvalue weighted by Crippen LogP contribution is -2.15. The predicted octanol–water partition coefficient (Wildman–Crippen LogP) is 3.98. The highest BCUT2D eigenvalue weighted by atomic mass is 14.8. The van der Waals surface area contributed by atoms with Gasteiger partial charge in [0.2, 0.25) is 0 Å². The van der Waals surface area contributed by atoms with Crippen molar-refractivity contribution in [1.29, 1.82) is 0 Å². The van der Waals surface area contributed by atoms with Gasteiger partial charge in [0.05, 0.1) is 0 Å². The van der Waals surface area contributed by atoms with Crippen LogP contribution in [0.4, 0.5) is 0 Å². The fourth-order valence-corrected chi connectivity index (χ4v) is 1.90. The lowest BCUT2D eigenvalue weighted by atomic mass is 10.0. The topological polar surface area (TPSA) is 12.0 Å². The summed E-state index contributed by atoms with van der Waals surface area (Å²) < 4.78 is 0. The van der Waals surface area contributed by atoms with Crippen molar-refractivity contribution in [3.8, 4) is 0 Å². The molecule has 0 aliphatic rings. The summed E-state index contributed by atoms with van der Waals surface area (Å²) in [5, 5.41) is 3.24. The van der Waals surface area contributed by atoms with E-state index in [0.29, 0.717) is 0 Å². The van der Waals surface area contributed by atoms with Gasteiger partial charge < -0.3 is 5.32 Å². The van der Waals surface area contributed by atoms with E-state index in [4.69, 9.17) is 0 Å². The first-order valence-corrected chi connectivity index (χ1v) is 6.45. The van der Waals surface area contributed by atoms with E-state index in [1.165, 1.54) is 57.9 Å². The van der Waals surface area contributed by atoms with Gasteiger partial charge >= 0.3 is 0 Å². The Hall–Kier alpha value is -0.0400. The summed E-state index contributed by atoms with van der Waals surface area (Å²) >= 11 is 0. The Bertz CT molecular complexity index is 101. The molecule has 0 saturated carbocycles. The Morgan fingerprint density at radius 1 is 0.929 bits per heavy atom. The van der Waals surface area contributed by atoms with Gasteiger partial charge in [-0.1, -0.05) is 58.8 Å². The third kappa shape index (κ3) is 10.0. The fourth-order valence-electron chi connectivity index (χ4n) is 1.90. The molecule has 0 aromatic rings. The third-order valence-corrected chi connectivity index (χ3v) is 2.85. The zero-order chi connectivity index (χ0) is 10.6. The summed E-state index contributed by atoms with van der Waals surface area (Å²) in [6, 6.07) is 0. The number of hydrogen-bond donors (Lipinski definition) is 1. The molecule has 0 aliphatic carbocycles. The SMILES string of the molecule is CCCCCCCCCC(C)CNC.